The van der Waals surface area contributed by atoms with Crippen LogP contribution >= 0.6 is 0 Å². The summed E-state index contributed by atoms with van der Waals surface area (Å²) in [6.07, 6.45) is 0.549. The summed E-state index contributed by atoms with van der Waals surface area (Å²) < 4.78 is 27.5. The van der Waals surface area contributed by atoms with E-state index in [4.69, 9.17) is 26.8 Å². The Morgan fingerprint density at radius 1 is 1.54 bits per heavy atom. The lowest BCUT2D eigenvalue weighted by atomic mass is 9.78. The molecule has 8 N–H and O–H groups in total. The number of aliphatic carboxylic acids is 1. The molecule has 1 saturated heterocycles. The van der Waals surface area contributed by atoms with Gasteiger partial charge in [0, 0.05) is 25.6 Å². The summed E-state index contributed by atoms with van der Waals surface area (Å²) in [5.41, 5.74) is 9.45. The van der Waals surface area contributed by atoms with E-state index >= 15 is 0 Å². The molecule has 11 nitrogen and oxygen atoms in total. The van der Waals surface area contributed by atoms with Gasteiger partial charge < -0.3 is 26.6 Å². The highest BCUT2D eigenvalue weighted by atomic mass is 32.2. The Morgan fingerprint density at radius 3 is 2.67 bits per heavy atom. The van der Waals surface area contributed by atoms with Crippen molar-refractivity contribution in [3.8, 4) is 6.07 Å². The molecule has 136 valence electrons. The number of rotatable bonds is 9. The van der Waals surface area contributed by atoms with Gasteiger partial charge in [0.2, 0.25) is 0 Å². The van der Waals surface area contributed by atoms with Crippen molar-refractivity contribution in [2.45, 2.75) is 30.7 Å². The zero-order chi connectivity index (χ0) is 18.5. The lowest BCUT2D eigenvalue weighted by Gasteiger charge is -2.25. The van der Waals surface area contributed by atoms with Gasteiger partial charge in [-0.3, -0.25) is 4.79 Å². The second-order valence-corrected chi connectivity index (χ2v) is 7.59. The van der Waals surface area contributed by atoms with Crippen molar-refractivity contribution >= 4 is 23.3 Å². The predicted octanol–water partition coefficient (Wildman–Crippen LogP) is -3.36. The van der Waals surface area contributed by atoms with Gasteiger partial charge in [0.15, 0.2) is 0 Å². The van der Waals surface area contributed by atoms with Crippen LogP contribution in [0.25, 0.3) is 0 Å². The Kier molecular flexibility index (Phi) is 7.11. The van der Waals surface area contributed by atoms with Gasteiger partial charge in [-0.05, 0) is 12.7 Å². The van der Waals surface area contributed by atoms with E-state index in [2.05, 4.69) is 4.72 Å². The fraction of sp³-hybridized carbons (Fsp3) is 0.818. The average molecular weight is 363 g/mol. The lowest BCUT2D eigenvalue weighted by molar-refractivity contribution is -0.144. The minimum Gasteiger partial charge on any atom is -0.480 e. The molecular formula is C11H22BN5O6S. The van der Waals surface area contributed by atoms with Gasteiger partial charge in [-0.1, -0.05) is 6.42 Å². The highest BCUT2D eigenvalue weighted by molar-refractivity contribution is 7.87. The van der Waals surface area contributed by atoms with Crippen LogP contribution in [0.5, 0.6) is 0 Å². The van der Waals surface area contributed by atoms with Gasteiger partial charge >= 0.3 is 13.1 Å². The molecule has 0 amide bonds. The normalized spacial score (nSPS) is 26.0. The summed E-state index contributed by atoms with van der Waals surface area (Å²) in [6, 6.07) is 0.654. The highest BCUT2D eigenvalue weighted by Crippen LogP contribution is 2.31. The Balaban J connectivity index is 2.82. The number of nitriles is 1. The molecule has 13 heteroatoms. The molecule has 1 aliphatic rings. The summed E-state index contributed by atoms with van der Waals surface area (Å²) in [5.74, 6) is -2.02. The predicted molar refractivity (Wildman–Crippen MR) is 84.4 cm³/mol. The van der Waals surface area contributed by atoms with Crippen LogP contribution in [0, 0.1) is 17.2 Å². The second kappa shape index (κ2) is 8.21. The molecule has 0 spiro atoms. The van der Waals surface area contributed by atoms with Gasteiger partial charge in [0.05, 0.1) is 6.07 Å². The van der Waals surface area contributed by atoms with Crippen LogP contribution in [0.1, 0.15) is 12.8 Å². The molecule has 0 aromatic heterocycles. The van der Waals surface area contributed by atoms with Crippen LogP contribution in [0.3, 0.4) is 0 Å². The van der Waals surface area contributed by atoms with Crippen molar-refractivity contribution in [1.82, 2.24) is 9.03 Å². The highest BCUT2D eigenvalue weighted by Gasteiger charge is 2.52. The van der Waals surface area contributed by atoms with E-state index in [1.165, 1.54) is 0 Å². The first-order valence-electron chi connectivity index (χ1n) is 7.31. The van der Waals surface area contributed by atoms with Crippen LogP contribution in [0.4, 0.5) is 0 Å². The molecule has 0 aromatic carbocycles. The molecule has 1 rings (SSSR count). The molecule has 1 fully saturated rings. The number of nitrogens with one attached hydrogen (secondary N) is 1. The van der Waals surface area contributed by atoms with Crippen molar-refractivity contribution in [2.24, 2.45) is 17.4 Å². The van der Waals surface area contributed by atoms with Crippen LogP contribution < -0.4 is 16.2 Å². The van der Waals surface area contributed by atoms with Crippen LogP contribution in [0.2, 0.25) is 6.32 Å². The second-order valence-electron chi connectivity index (χ2n) is 5.84. The zero-order valence-corrected chi connectivity index (χ0v) is 13.8. The number of nitrogens with two attached hydrogens (primary N) is 2. The van der Waals surface area contributed by atoms with E-state index in [1.807, 2.05) is 0 Å². The largest absolute Gasteiger partial charge is 0.480 e. The standard InChI is InChI=1S/C11H22BN5O6S/c13-4-9(14)5-16-24(22,23)17-6-8(2-1-3-12(20)21)11(15,7-17)10(18)19/h8-9,16,20-21H,1-3,5-7,14-15H2,(H,18,19)/t8-,9-,11-/m0/s1. The van der Waals surface area contributed by atoms with E-state index in [-0.39, 0.29) is 32.3 Å². The number of hydrogen-bond donors (Lipinski definition) is 6. The minimum absolute atomic E-state index is 0.0359. The van der Waals surface area contributed by atoms with Gasteiger partial charge in [-0.2, -0.15) is 22.7 Å². The van der Waals surface area contributed by atoms with Crippen LogP contribution in [-0.2, 0) is 15.0 Å². The topological polar surface area (TPSA) is 203 Å². The van der Waals surface area contributed by atoms with Crippen LogP contribution in [-0.4, -0.2) is 72.2 Å². The maximum Gasteiger partial charge on any atom is 0.451 e. The van der Waals surface area contributed by atoms with Crippen LogP contribution in [0.15, 0.2) is 0 Å². The zero-order valence-electron chi connectivity index (χ0n) is 13.0. The monoisotopic (exact) mass is 363 g/mol. The fourth-order valence-corrected chi connectivity index (χ4v) is 3.88. The van der Waals surface area contributed by atoms with Gasteiger partial charge in [-0.15, -0.1) is 0 Å². The Hall–Kier alpha value is -1.27. The fourth-order valence-electron chi connectivity index (χ4n) is 2.55. The van der Waals surface area contributed by atoms with E-state index < -0.39 is 47.3 Å². The first kappa shape index (κ1) is 20.8. The third-order valence-corrected chi connectivity index (χ3v) is 5.48. The third-order valence-electron chi connectivity index (χ3n) is 3.99. The number of carboxylic acid groups (broad SMARTS) is 1. The Labute approximate surface area is 140 Å². The van der Waals surface area contributed by atoms with E-state index in [9.17, 15) is 18.3 Å². The van der Waals surface area contributed by atoms with Crippen molar-refractivity contribution in [3.63, 3.8) is 0 Å². The first-order valence-corrected chi connectivity index (χ1v) is 8.75. The SMILES string of the molecule is N#C[C@H](N)CNS(=O)(=O)N1C[C@H](CCCB(O)O)[C@](N)(C(=O)O)C1. The number of carbonyl (C=O) groups is 1. The van der Waals surface area contributed by atoms with Crippen molar-refractivity contribution in [2.75, 3.05) is 19.6 Å². The molecule has 0 unspecified atom stereocenters. The smallest absolute Gasteiger partial charge is 0.451 e. The van der Waals surface area contributed by atoms with E-state index in [0.717, 1.165) is 4.31 Å². The molecule has 0 bridgehead atoms. The Bertz CT molecular complexity index is 596. The lowest BCUT2D eigenvalue weighted by Crippen LogP contribution is -2.55. The van der Waals surface area contributed by atoms with Gasteiger partial charge in [-0.25, -0.2) is 0 Å². The maximum atomic E-state index is 12.2. The summed E-state index contributed by atoms with van der Waals surface area (Å²) in [4.78, 5) is 11.5. The van der Waals surface area contributed by atoms with E-state index in [0.29, 0.717) is 0 Å². The first-order chi connectivity index (χ1) is 11.0. The molecule has 0 aliphatic carbocycles. The van der Waals surface area contributed by atoms with Crippen molar-refractivity contribution in [3.05, 3.63) is 0 Å². The van der Waals surface area contributed by atoms with Crippen molar-refractivity contribution in [1.29, 1.82) is 5.26 Å². The van der Waals surface area contributed by atoms with E-state index in [1.54, 1.807) is 6.07 Å². The molecular weight excluding hydrogens is 341 g/mol. The maximum absolute atomic E-state index is 12.2. The summed E-state index contributed by atoms with van der Waals surface area (Å²) in [5, 5.41) is 35.6. The van der Waals surface area contributed by atoms with Crippen molar-refractivity contribution < 1.29 is 28.4 Å². The summed E-state index contributed by atoms with van der Waals surface area (Å²) in [6.45, 7) is -0.853. The number of hydrogen-bond acceptors (Lipinski definition) is 8. The number of nitrogens with zero attached hydrogens (tertiary/aromatic N) is 2. The number of carboxylic acids is 1. The van der Waals surface area contributed by atoms with Gasteiger partial charge in [0.25, 0.3) is 10.2 Å². The summed E-state index contributed by atoms with van der Waals surface area (Å²) >= 11 is 0. The molecule has 1 heterocycles. The van der Waals surface area contributed by atoms with Gasteiger partial charge in [0.1, 0.15) is 11.6 Å². The average Bonchev–Trinajstić information content (AvgIpc) is 2.84. The summed E-state index contributed by atoms with van der Waals surface area (Å²) in [7, 11) is -5.55. The molecule has 24 heavy (non-hydrogen) atoms. The molecule has 3 atom stereocenters. The molecule has 0 saturated carbocycles. The minimum atomic E-state index is -4.03. The quantitative estimate of drug-likeness (QED) is 0.226. The molecule has 0 aromatic rings. The Morgan fingerprint density at radius 2 is 2.17 bits per heavy atom. The molecule has 1 aliphatic heterocycles. The third kappa shape index (κ3) is 5.11. The molecule has 0 radical (unpaired) electrons.